The number of hydrogen-bond donors (Lipinski definition) is 1. The predicted molar refractivity (Wildman–Crippen MR) is 58.8 cm³/mol. The van der Waals surface area contributed by atoms with E-state index in [1.807, 2.05) is 6.92 Å². The Kier molecular flexibility index (Phi) is 8.09. The zero-order valence-corrected chi connectivity index (χ0v) is 9.97. The first-order valence-corrected chi connectivity index (χ1v) is 5.59. The lowest BCUT2D eigenvalue weighted by atomic mass is 10.1. The van der Waals surface area contributed by atoms with Gasteiger partial charge in [0.25, 0.3) is 0 Å². The summed E-state index contributed by atoms with van der Waals surface area (Å²) < 4.78 is 4.53. The highest BCUT2D eigenvalue weighted by atomic mass is 35.5. The summed E-state index contributed by atoms with van der Waals surface area (Å²) in [5.41, 5.74) is 0. The molecule has 1 atom stereocenters. The monoisotopic (exact) mass is 235 g/mol. The second-order valence-corrected chi connectivity index (χ2v) is 3.62. The Morgan fingerprint density at radius 2 is 2.13 bits per heavy atom. The average Bonchev–Trinajstić information content (AvgIpc) is 2.25. The lowest BCUT2D eigenvalue weighted by Crippen LogP contribution is -2.36. The van der Waals surface area contributed by atoms with Gasteiger partial charge in [0.2, 0.25) is 5.91 Å². The van der Waals surface area contributed by atoms with Crippen LogP contribution in [0.1, 0.15) is 32.6 Å². The van der Waals surface area contributed by atoms with Crippen molar-refractivity contribution in [2.45, 2.75) is 38.6 Å². The van der Waals surface area contributed by atoms with Gasteiger partial charge in [-0.15, -0.1) is 11.6 Å². The number of amides is 1. The summed E-state index contributed by atoms with van der Waals surface area (Å²) in [4.78, 5) is 22.3. The van der Waals surface area contributed by atoms with Crippen molar-refractivity contribution < 1.29 is 14.3 Å². The molecular weight excluding hydrogens is 218 g/mol. The molecule has 15 heavy (non-hydrogen) atoms. The molecule has 0 aliphatic rings. The number of esters is 1. The van der Waals surface area contributed by atoms with E-state index in [4.69, 9.17) is 11.6 Å². The van der Waals surface area contributed by atoms with E-state index in [0.717, 1.165) is 0 Å². The molecule has 1 unspecified atom stereocenters. The number of nitrogens with one attached hydrogen (secondary N) is 1. The number of ether oxygens (including phenoxy) is 1. The minimum Gasteiger partial charge on any atom is -0.469 e. The molecule has 1 amide bonds. The van der Waals surface area contributed by atoms with Crippen LogP contribution in [-0.4, -0.2) is 30.9 Å². The minimum atomic E-state index is -0.306. The number of hydrogen-bond acceptors (Lipinski definition) is 3. The zero-order chi connectivity index (χ0) is 11.7. The SMILES string of the molecule is CCC(CC(=O)OC)NC(=O)CCCCl. The summed E-state index contributed by atoms with van der Waals surface area (Å²) in [6.07, 6.45) is 1.99. The topological polar surface area (TPSA) is 55.4 Å². The van der Waals surface area contributed by atoms with Crippen molar-refractivity contribution in [1.82, 2.24) is 5.32 Å². The van der Waals surface area contributed by atoms with Crippen LogP contribution < -0.4 is 5.32 Å². The summed E-state index contributed by atoms with van der Waals surface area (Å²) in [6.45, 7) is 1.91. The zero-order valence-electron chi connectivity index (χ0n) is 9.22. The first kappa shape index (κ1) is 14.2. The lowest BCUT2D eigenvalue weighted by molar-refractivity contribution is -0.141. The van der Waals surface area contributed by atoms with Crippen molar-refractivity contribution in [1.29, 1.82) is 0 Å². The fourth-order valence-electron chi connectivity index (χ4n) is 1.11. The van der Waals surface area contributed by atoms with E-state index in [0.29, 0.717) is 25.1 Å². The van der Waals surface area contributed by atoms with E-state index >= 15 is 0 Å². The molecule has 0 rings (SSSR count). The Morgan fingerprint density at radius 1 is 1.47 bits per heavy atom. The van der Waals surface area contributed by atoms with Gasteiger partial charge in [0, 0.05) is 18.3 Å². The Bertz CT molecular complexity index is 209. The van der Waals surface area contributed by atoms with E-state index in [1.165, 1.54) is 7.11 Å². The van der Waals surface area contributed by atoms with Gasteiger partial charge in [0.15, 0.2) is 0 Å². The molecule has 1 N–H and O–H groups in total. The fourth-order valence-corrected chi connectivity index (χ4v) is 1.24. The lowest BCUT2D eigenvalue weighted by Gasteiger charge is -2.15. The summed E-state index contributed by atoms with van der Waals surface area (Å²) in [6, 6.07) is -0.139. The third-order valence-corrected chi connectivity index (χ3v) is 2.30. The molecule has 88 valence electrons. The van der Waals surface area contributed by atoms with Gasteiger partial charge < -0.3 is 10.1 Å². The molecule has 0 aromatic carbocycles. The number of carbonyl (C=O) groups excluding carboxylic acids is 2. The molecule has 0 radical (unpaired) electrons. The van der Waals surface area contributed by atoms with E-state index in [2.05, 4.69) is 10.1 Å². The van der Waals surface area contributed by atoms with Crippen molar-refractivity contribution in [2.24, 2.45) is 0 Å². The second-order valence-electron chi connectivity index (χ2n) is 3.25. The second kappa shape index (κ2) is 8.53. The quantitative estimate of drug-likeness (QED) is 0.537. The number of alkyl halides is 1. The minimum absolute atomic E-state index is 0.0635. The third kappa shape index (κ3) is 7.19. The van der Waals surface area contributed by atoms with Crippen molar-refractivity contribution in [3.8, 4) is 0 Å². The van der Waals surface area contributed by atoms with Crippen LogP contribution in [-0.2, 0) is 14.3 Å². The van der Waals surface area contributed by atoms with E-state index < -0.39 is 0 Å². The Balaban J connectivity index is 3.87. The van der Waals surface area contributed by atoms with Gasteiger partial charge in [-0.3, -0.25) is 9.59 Å². The first-order chi connectivity index (χ1) is 7.13. The number of rotatable bonds is 7. The van der Waals surface area contributed by atoms with E-state index in [-0.39, 0.29) is 24.3 Å². The predicted octanol–water partition coefficient (Wildman–Crippen LogP) is 1.46. The van der Waals surface area contributed by atoms with Gasteiger partial charge in [-0.1, -0.05) is 6.92 Å². The Hall–Kier alpha value is -0.770. The maximum Gasteiger partial charge on any atom is 0.307 e. The highest BCUT2D eigenvalue weighted by molar-refractivity contribution is 6.17. The standard InChI is InChI=1S/C10H18ClNO3/c1-3-8(7-10(14)15-2)12-9(13)5-4-6-11/h8H,3-7H2,1-2H3,(H,12,13). The van der Waals surface area contributed by atoms with E-state index in [9.17, 15) is 9.59 Å². The molecule has 0 aromatic rings. The number of halogens is 1. The third-order valence-electron chi connectivity index (χ3n) is 2.04. The molecule has 0 spiro atoms. The van der Waals surface area contributed by atoms with Crippen molar-refractivity contribution in [3.63, 3.8) is 0 Å². The summed E-state index contributed by atoms with van der Waals surface area (Å²) in [5, 5.41) is 2.77. The molecule has 0 aromatic heterocycles. The summed E-state index contributed by atoms with van der Waals surface area (Å²) in [5.74, 6) is 0.104. The number of methoxy groups -OCH3 is 1. The van der Waals surface area contributed by atoms with Crippen LogP contribution in [0.25, 0.3) is 0 Å². The molecule has 0 aliphatic carbocycles. The maximum atomic E-state index is 11.3. The average molecular weight is 236 g/mol. The fraction of sp³-hybridized carbons (Fsp3) is 0.800. The summed E-state index contributed by atoms with van der Waals surface area (Å²) >= 11 is 5.47. The molecule has 0 aliphatic heterocycles. The molecule has 0 fully saturated rings. The van der Waals surface area contributed by atoms with Crippen molar-refractivity contribution >= 4 is 23.5 Å². The number of carbonyl (C=O) groups is 2. The molecule has 4 nitrogen and oxygen atoms in total. The van der Waals surface area contributed by atoms with Crippen LogP contribution in [0.15, 0.2) is 0 Å². The Morgan fingerprint density at radius 3 is 2.60 bits per heavy atom. The van der Waals surface area contributed by atoms with Gasteiger partial charge in [0.1, 0.15) is 0 Å². The Labute approximate surface area is 95.3 Å². The normalized spacial score (nSPS) is 11.9. The largest absolute Gasteiger partial charge is 0.469 e. The van der Waals surface area contributed by atoms with Gasteiger partial charge >= 0.3 is 5.97 Å². The van der Waals surface area contributed by atoms with Crippen LogP contribution in [0.5, 0.6) is 0 Å². The molecular formula is C10H18ClNO3. The molecule has 0 saturated heterocycles. The van der Waals surface area contributed by atoms with Gasteiger partial charge in [-0.25, -0.2) is 0 Å². The van der Waals surface area contributed by atoms with Gasteiger partial charge in [-0.05, 0) is 12.8 Å². The van der Waals surface area contributed by atoms with Crippen molar-refractivity contribution in [3.05, 3.63) is 0 Å². The highest BCUT2D eigenvalue weighted by Crippen LogP contribution is 2.01. The molecule has 5 heteroatoms. The van der Waals surface area contributed by atoms with Gasteiger partial charge in [-0.2, -0.15) is 0 Å². The van der Waals surface area contributed by atoms with Crippen LogP contribution in [0.4, 0.5) is 0 Å². The van der Waals surface area contributed by atoms with Crippen molar-refractivity contribution in [2.75, 3.05) is 13.0 Å². The highest BCUT2D eigenvalue weighted by Gasteiger charge is 2.14. The van der Waals surface area contributed by atoms with Crippen LogP contribution in [0.2, 0.25) is 0 Å². The van der Waals surface area contributed by atoms with Crippen LogP contribution in [0, 0.1) is 0 Å². The van der Waals surface area contributed by atoms with Crippen LogP contribution in [0.3, 0.4) is 0 Å². The first-order valence-electron chi connectivity index (χ1n) is 5.06. The molecule has 0 bridgehead atoms. The smallest absolute Gasteiger partial charge is 0.307 e. The molecule has 0 saturated carbocycles. The van der Waals surface area contributed by atoms with Gasteiger partial charge in [0.05, 0.1) is 13.5 Å². The maximum absolute atomic E-state index is 11.3. The summed E-state index contributed by atoms with van der Waals surface area (Å²) in [7, 11) is 1.34. The molecule has 0 heterocycles. The van der Waals surface area contributed by atoms with Crippen LogP contribution >= 0.6 is 11.6 Å². The van der Waals surface area contributed by atoms with E-state index in [1.54, 1.807) is 0 Å².